The van der Waals surface area contributed by atoms with Gasteiger partial charge in [0.1, 0.15) is 5.75 Å². The summed E-state index contributed by atoms with van der Waals surface area (Å²) in [4.78, 5) is 0. The Labute approximate surface area is 120 Å². The molecule has 0 aliphatic heterocycles. The van der Waals surface area contributed by atoms with E-state index in [2.05, 4.69) is 6.07 Å². The van der Waals surface area contributed by atoms with Crippen molar-refractivity contribution in [3.05, 3.63) is 28.8 Å². The molecule has 0 radical (unpaired) electrons. The maximum atomic E-state index is 8.94. The second-order valence-electron chi connectivity index (χ2n) is 5.42. The van der Waals surface area contributed by atoms with Crippen molar-refractivity contribution in [2.75, 3.05) is 6.61 Å². The van der Waals surface area contributed by atoms with Gasteiger partial charge in [0.15, 0.2) is 0 Å². The van der Waals surface area contributed by atoms with E-state index in [-0.39, 0.29) is 11.5 Å². The fourth-order valence-corrected chi connectivity index (χ4v) is 1.94. The third-order valence-corrected chi connectivity index (χ3v) is 3.20. The van der Waals surface area contributed by atoms with E-state index in [4.69, 9.17) is 27.3 Å². The van der Waals surface area contributed by atoms with Crippen LogP contribution in [0.15, 0.2) is 18.2 Å². The highest BCUT2D eigenvalue weighted by molar-refractivity contribution is 6.30. The third kappa shape index (κ3) is 5.10. The highest BCUT2D eigenvalue weighted by Gasteiger charge is 2.16. The maximum Gasteiger partial charge on any atom is 0.124 e. The molecule has 0 fully saturated rings. The second kappa shape index (κ2) is 6.79. The summed E-state index contributed by atoms with van der Waals surface area (Å²) in [7, 11) is 0. The summed E-state index contributed by atoms with van der Waals surface area (Å²) in [5.41, 5.74) is 6.51. The summed E-state index contributed by atoms with van der Waals surface area (Å²) in [6.45, 7) is 6.34. The Bertz CT molecular complexity index is 464. The first-order valence-electron chi connectivity index (χ1n) is 6.45. The van der Waals surface area contributed by atoms with Crippen molar-refractivity contribution in [2.24, 2.45) is 11.1 Å². The molecule has 1 rings (SSSR count). The first-order chi connectivity index (χ1) is 8.85. The van der Waals surface area contributed by atoms with Gasteiger partial charge in [0, 0.05) is 16.6 Å². The van der Waals surface area contributed by atoms with Crippen molar-refractivity contribution >= 4 is 11.6 Å². The minimum absolute atomic E-state index is 0.121. The number of rotatable bonds is 6. The third-order valence-electron chi connectivity index (χ3n) is 2.97. The van der Waals surface area contributed by atoms with Crippen molar-refractivity contribution in [3.8, 4) is 11.8 Å². The summed E-state index contributed by atoms with van der Waals surface area (Å²) >= 11 is 5.95. The molecule has 104 valence electrons. The Balaban J connectivity index is 2.57. The van der Waals surface area contributed by atoms with E-state index in [0.29, 0.717) is 11.6 Å². The predicted octanol–water partition coefficient (Wildman–Crippen LogP) is 4.07. The van der Waals surface area contributed by atoms with E-state index >= 15 is 0 Å². The number of nitriles is 1. The van der Waals surface area contributed by atoms with Crippen LogP contribution in [0, 0.1) is 16.7 Å². The molecular weight excluding hydrogens is 260 g/mol. The van der Waals surface area contributed by atoms with Gasteiger partial charge in [-0.2, -0.15) is 5.26 Å². The molecule has 2 N–H and O–H groups in total. The number of hydrogen-bond donors (Lipinski definition) is 1. The molecule has 0 heterocycles. The molecule has 0 amide bonds. The molecule has 3 nitrogen and oxygen atoms in total. The van der Waals surface area contributed by atoms with E-state index in [0.717, 1.165) is 24.2 Å². The van der Waals surface area contributed by atoms with Crippen molar-refractivity contribution in [2.45, 2.75) is 39.7 Å². The van der Waals surface area contributed by atoms with Gasteiger partial charge in [0.05, 0.1) is 18.1 Å². The fourth-order valence-electron chi connectivity index (χ4n) is 1.76. The van der Waals surface area contributed by atoms with Gasteiger partial charge in [-0.15, -0.1) is 0 Å². The lowest BCUT2D eigenvalue weighted by Gasteiger charge is -2.17. The molecule has 1 aromatic carbocycles. The standard InChI is InChI=1S/C15H21ClN2O/c1-11(18)13-9-12(16)5-6-14(13)19-8-4-7-15(2,3)10-17/h5-6,9,11H,4,7-8,18H2,1-3H3/t11-/m0/s1. The highest BCUT2D eigenvalue weighted by atomic mass is 35.5. The molecule has 1 atom stereocenters. The molecule has 0 spiro atoms. The van der Waals surface area contributed by atoms with Crippen LogP contribution in [0.5, 0.6) is 5.75 Å². The number of benzene rings is 1. The van der Waals surface area contributed by atoms with Crippen molar-refractivity contribution in [3.63, 3.8) is 0 Å². The number of hydrogen-bond acceptors (Lipinski definition) is 3. The van der Waals surface area contributed by atoms with Crippen LogP contribution in [0.1, 0.15) is 45.2 Å². The Hall–Kier alpha value is -1.24. The van der Waals surface area contributed by atoms with Gasteiger partial charge in [-0.1, -0.05) is 11.6 Å². The largest absolute Gasteiger partial charge is 0.493 e. The van der Waals surface area contributed by atoms with E-state index in [1.165, 1.54) is 0 Å². The molecule has 19 heavy (non-hydrogen) atoms. The quantitative estimate of drug-likeness (QED) is 0.799. The lowest BCUT2D eigenvalue weighted by molar-refractivity contribution is 0.281. The summed E-state index contributed by atoms with van der Waals surface area (Å²) < 4.78 is 5.75. The number of ether oxygens (including phenoxy) is 1. The van der Waals surface area contributed by atoms with Crippen LogP contribution in [0.25, 0.3) is 0 Å². The molecule has 0 unspecified atom stereocenters. The number of halogens is 1. The molecule has 1 aromatic rings. The molecule has 0 bridgehead atoms. The first kappa shape index (κ1) is 15.8. The molecule has 0 aliphatic carbocycles. The zero-order valence-corrected chi connectivity index (χ0v) is 12.5. The van der Waals surface area contributed by atoms with Crippen LogP contribution in [-0.2, 0) is 0 Å². The summed E-state index contributed by atoms with van der Waals surface area (Å²) in [6.07, 6.45) is 1.65. The van der Waals surface area contributed by atoms with Crippen molar-refractivity contribution in [1.82, 2.24) is 0 Å². The SMILES string of the molecule is C[C@H](N)c1cc(Cl)ccc1OCCCC(C)(C)C#N. The average Bonchev–Trinajstić information content (AvgIpc) is 2.36. The molecule has 0 saturated heterocycles. The van der Waals surface area contributed by atoms with Crippen LogP contribution in [0.4, 0.5) is 0 Å². The maximum absolute atomic E-state index is 8.94. The molecule has 0 saturated carbocycles. The van der Waals surface area contributed by atoms with Crippen molar-refractivity contribution in [1.29, 1.82) is 5.26 Å². The van der Waals surface area contributed by atoms with Gasteiger partial charge in [0.2, 0.25) is 0 Å². The molecule has 4 heteroatoms. The summed E-state index contributed by atoms with van der Waals surface area (Å²) in [5.74, 6) is 0.772. The molecular formula is C15H21ClN2O. The van der Waals surface area contributed by atoms with Gasteiger partial charge in [-0.3, -0.25) is 0 Å². The smallest absolute Gasteiger partial charge is 0.124 e. The summed E-state index contributed by atoms with van der Waals surface area (Å²) in [5, 5.41) is 9.59. The normalized spacial score (nSPS) is 12.8. The Morgan fingerprint density at radius 1 is 1.47 bits per heavy atom. The Morgan fingerprint density at radius 2 is 2.16 bits per heavy atom. The fraction of sp³-hybridized carbons (Fsp3) is 0.533. The van der Waals surface area contributed by atoms with Gasteiger partial charge in [-0.05, 0) is 51.8 Å². The Morgan fingerprint density at radius 3 is 2.74 bits per heavy atom. The zero-order valence-electron chi connectivity index (χ0n) is 11.7. The van der Waals surface area contributed by atoms with Gasteiger partial charge in [-0.25, -0.2) is 0 Å². The minimum Gasteiger partial charge on any atom is -0.493 e. The number of nitrogens with zero attached hydrogens (tertiary/aromatic N) is 1. The van der Waals surface area contributed by atoms with E-state index in [1.807, 2.05) is 32.9 Å². The van der Waals surface area contributed by atoms with Gasteiger partial charge in [0.25, 0.3) is 0 Å². The van der Waals surface area contributed by atoms with Crippen LogP contribution >= 0.6 is 11.6 Å². The van der Waals surface area contributed by atoms with Crippen LogP contribution in [0.2, 0.25) is 5.02 Å². The minimum atomic E-state index is -0.298. The van der Waals surface area contributed by atoms with Crippen LogP contribution in [-0.4, -0.2) is 6.61 Å². The van der Waals surface area contributed by atoms with Crippen molar-refractivity contribution < 1.29 is 4.74 Å². The monoisotopic (exact) mass is 280 g/mol. The van der Waals surface area contributed by atoms with Gasteiger partial charge >= 0.3 is 0 Å². The van der Waals surface area contributed by atoms with Gasteiger partial charge < -0.3 is 10.5 Å². The summed E-state index contributed by atoms with van der Waals surface area (Å²) in [6, 6.07) is 7.63. The van der Waals surface area contributed by atoms with E-state index in [9.17, 15) is 0 Å². The Kier molecular flexibility index (Phi) is 5.65. The molecule has 0 aromatic heterocycles. The highest BCUT2D eigenvalue weighted by Crippen LogP contribution is 2.28. The predicted molar refractivity (Wildman–Crippen MR) is 78.2 cm³/mol. The average molecular weight is 281 g/mol. The lowest BCUT2D eigenvalue weighted by atomic mass is 9.90. The van der Waals surface area contributed by atoms with Crippen LogP contribution < -0.4 is 10.5 Å². The first-order valence-corrected chi connectivity index (χ1v) is 6.82. The lowest BCUT2D eigenvalue weighted by Crippen LogP contribution is -2.12. The van der Waals surface area contributed by atoms with E-state index in [1.54, 1.807) is 6.07 Å². The zero-order chi connectivity index (χ0) is 14.5. The van der Waals surface area contributed by atoms with E-state index < -0.39 is 0 Å². The van der Waals surface area contributed by atoms with Crippen LogP contribution in [0.3, 0.4) is 0 Å². The topological polar surface area (TPSA) is 59.0 Å². The number of nitrogens with two attached hydrogens (primary N) is 1. The second-order valence-corrected chi connectivity index (χ2v) is 5.85. The molecule has 0 aliphatic rings.